The molecule has 5 rings (SSSR count). The van der Waals surface area contributed by atoms with Crippen LogP contribution in [0.2, 0.25) is 0 Å². The molecule has 1 atom stereocenters. The van der Waals surface area contributed by atoms with Crippen molar-refractivity contribution in [1.82, 2.24) is 14.8 Å². The molecule has 1 fully saturated rings. The van der Waals surface area contributed by atoms with E-state index in [1.165, 1.54) is 11.6 Å². The Balaban J connectivity index is 1.15. The lowest BCUT2D eigenvalue weighted by Gasteiger charge is -2.35. The average Bonchev–Trinajstić information content (AvgIpc) is 2.96. The van der Waals surface area contributed by atoms with Gasteiger partial charge in [0.25, 0.3) is 15.9 Å². The predicted octanol–water partition coefficient (Wildman–Crippen LogP) is 4.47. The molecule has 39 heavy (non-hydrogen) atoms. The average molecular weight is 547 g/mol. The Kier molecular flexibility index (Phi) is 8.40. The van der Waals surface area contributed by atoms with Crippen molar-refractivity contribution in [2.45, 2.75) is 30.8 Å². The van der Waals surface area contributed by atoms with Crippen LogP contribution in [0.1, 0.15) is 30.1 Å². The van der Waals surface area contributed by atoms with Crippen molar-refractivity contribution < 1.29 is 17.9 Å². The number of anilines is 1. The third-order valence-corrected chi connectivity index (χ3v) is 8.43. The quantitative estimate of drug-likeness (QED) is 0.426. The van der Waals surface area contributed by atoms with E-state index in [1.54, 1.807) is 42.6 Å². The number of rotatable bonds is 9. The van der Waals surface area contributed by atoms with Gasteiger partial charge >= 0.3 is 0 Å². The predicted molar refractivity (Wildman–Crippen MR) is 153 cm³/mol. The molecule has 2 aromatic carbocycles. The molecule has 0 radical (unpaired) electrons. The molecule has 204 valence electrons. The Morgan fingerprint density at radius 1 is 1.05 bits per heavy atom. The first kappa shape index (κ1) is 27.1. The largest absolute Gasteiger partial charge is 0.374 e. The van der Waals surface area contributed by atoms with E-state index in [1.807, 2.05) is 17.0 Å². The number of amides is 1. The molecule has 9 heteroatoms. The highest BCUT2D eigenvalue weighted by atomic mass is 32.2. The number of ether oxygens (including phenoxy) is 1. The number of sulfonamides is 1. The van der Waals surface area contributed by atoms with E-state index in [0.29, 0.717) is 29.9 Å². The summed E-state index contributed by atoms with van der Waals surface area (Å²) in [5, 5.41) is 0.749. The number of aromatic nitrogens is 1. The van der Waals surface area contributed by atoms with Gasteiger partial charge in [0.05, 0.1) is 11.6 Å². The van der Waals surface area contributed by atoms with Crippen LogP contribution in [-0.2, 0) is 14.8 Å². The van der Waals surface area contributed by atoms with Crippen LogP contribution in [-0.4, -0.2) is 74.5 Å². The lowest BCUT2D eigenvalue weighted by atomic mass is 10.0. The number of nitrogens with one attached hydrogen (secondary N) is 1. The first-order chi connectivity index (χ1) is 18.9. The lowest BCUT2D eigenvalue weighted by molar-refractivity contribution is 0.0637. The molecule has 0 saturated carbocycles. The molecule has 8 nitrogen and oxygen atoms in total. The molecule has 1 amide bonds. The van der Waals surface area contributed by atoms with Crippen molar-refractivity contribution in [3.8, 4) is 0 Å². The number of carbonyl (C=O) groups excluding carboxylic acids is 1. The van der Waals surface area contributed by atoms with E-state index < -0.39 is 10.0 Å². The van der Waals surface area contributed by atoms with Gasteiger partial charge in [-0.2, -0.15) is 0 Å². The standard InChI is InChI=1S/C30H34N4O4S/c1-2-20-38-27-9-3-6-23(21-27)22-33-16-18-34(19-17-33)30(35)25-11-13-26(14-12-25)32-39(36,37)28-10-4-7-24-8-5-15-31-29(24)28/h3-15,27,32H,2,16-22H2,1H3/t27-/m0/s1. The lowest BCUT2D eigenvalue weighted by Crippen LogP contribution is -2.49. The molecular formula is C30H34N4O4S. The van der Waals surface area contributed by atoms with Gasteiger partial charge in [-0.3, -0.25) is 19.4 Å². The van der Waals surface area contributed by atoms with E-state index in [4.69, 9.17) is 4.74 Å². The molecular weight excluding hydrogens is 512 g/mol. The fourth-order valence-corrected chi connectivity index (χ4v) is 6.21. The van der Waals surface area contributed by atoms with Crippen molar-refractivity contribution in [3.63, 3.8) is 0 Å². The van der Waals surface area contributed by atoms with Gasteiger partial charge in [0.1, 0.15) is 4.90 Å². The number of para-hydroxylation sites is 1. The summed E-state index contributed by atoms with van der Waals surface area (Å²) in [7, 11) is -3.85. The second-order valence-corrected chi connectivity index (χ2v) is 11.6. The number of piperazine rings is 1. The minimum absolute atomic E-state index is 0.0462. The molecule has 1 aliphatic heterocycles. The molecule has 2 aliphatic rings. The van der Waals surface area contributed by atoms with E-state index in [0.717, 1.165) is 44.5 Å². The second kappa shape index (κ2) is 12.1. The van der Waals surface area contributed by atoms with Gasteiger partial charge < -0.3 is 9.64 Å². The van der Waals surface area contributed by atoms with Crippen LogP contribution in [0.5, 0.6) is 0 Å². The van der Waals surface area contributed by atoms with Gasteiger partial charge in [-0.25, -0.2) is 8.42 Å². The minimum Gasteiger partial charge on any atom is -0.374 e. The topological polar surface area (TPSA) is 91.8 Å². The number of hydrogen-bond acceptors (Lipinski definition) is 6. The molecule has 0 unspecified atom stereocenters. The summed E-state index contributed by atoms with van der Waals surface area (Å²) in [6, 6.07) is 15.2. The van der Waals surface area contributed by atoms with Crippen molar-refractivity contribution >= 4 is 32.5 Å². The number of nitrogens with zero attached hydrogens (tertiary/aromatic N) is 3. The Hall–Kier alpha value is -3.53. The van der Waals surface area contributed by atoms with E-state index >= 15 is 0 Å². The maximum Gasteiger partial charge on any atom is 0.264 e. The number of fused-ring (bicyclic) bond motifs is 1. The number of carbonyl (C=O) groups is 1. The van der Waals surface area contributed by atoms with E-state index in [9.17, 15) is 13.2 Å². The maximum absolute atomic E-state index is 13.1. The van der Waals surface area contributed by atoms with Crippen molar-refractivity contribution in [2.24, 2.45) is 0 Å². The molecule has 0 bridgehead atoms. The van der Waals surface area contributed by atoms with Crippen LogP contribution in [0.3, 0.4) is 0 Å². The smallest absolute Gasteiger partial charge is 0.264 e. The van der Waals surface area contributed by atoms with E-state index in [2.05, 4.69) is 39.8 Å². The normalized spacial score (nSPS) is 18.2. The Morgan fingerprint density at radius 3 is 2.59 bits per heavy atom. The first-order valence-corrected chi connectivity index (χ1v) is 14.9. The number of hydrogen-bond donors (Lipinski definition) is 1. The molecule has 1 N–H and O–H groups in total. The summed E-state index contributed by atoms with van der Waals surface area (Å²) < 4.78 is 34.6. The number of benzene rings is 2. The zero-order valence-corrected chi connectivity index (χ0v) is 22.9. The number of allylic oxidation sites excluding steroid dienone is 2. The molecule has 0 spiro atoms. The van der Waals surface area contributed by atoms with Gasteiger partial charge in [-0.05, 0) is 49.2 Å². The third-order valence-electron chi connectivity index (χ3n) is 7.01. The van der Waals surface area contributed by atoms with Gasteiger partial charge in [0.2, 0.25) is 0 Å². The zero-order valence-electron chi connectivity index (χ0n) is 22.1. The van der Waals surface area contributed by atoms with Gasteiger partial charge in [-0.15, -0.1) is 0 Å². The maximum atomic E-state index is 13.1. The number of pyridine rings is 1. The van der Waals surface area contributed by atoms with Gasteiger partial charge in [-0.1, -0.05) is 48.9 Å². The third kappa shape index (κ3) is 6.55. The van der Waals surface area contributed by atoms with Crippen LogP contribution in [0.4, 0.5) is 5.69 Å². The highest BCUT2D eigenvalue weighted by molar-refractivity contribution is 7.93. The first-order valence-electron chi connectivity index (χ1n) is 13.4. The molecule has 3 aromatic rings. The highest BCUT2D eigenvalue weighted by Gasteiger charge is 2.24. The minimum atomic E-state index is -3.85. The fraction of sp³-hybridized carbons (Fsp3) is 0.333. The monoisotopic (exact) mass is 546 g/mol. The van der Waals surface area contributed by atoms with Crippen LogP contribution >= 0.6 is 0 Å². The fourth-order valence-electron chi connectivity index (χ4n) is 4.97. The van der Waals surface area contributed by atoms with Crippen LogP contribution in [0.15, 0.2) is 89.5 Å². The van der Waals surface area contributed by atoms with Gasteiger partial charge in [0, 0.05) is 62.2 Å². The Bertz CT molecular complexity index is 1470. The Morgan fingerprint density at radius 2 is 1.82 bits per heavy atom. The molecule has 2 heterocycles. The van der Waals surface area contributed by atoms with Crippen LogP contribution in [0.25, 0.3) is 10.9 Å². The molecule has 1 aliphatic carbocycles. The van der Waals surface area contributed by atoms with Crippen molar-refractivity contribution in [1.29, 1.82) is 0 Å². The molecule has 1 saturated heterocycles. The zero-order chi connectivity index (χ0) is 27.2. The SMILES string of the molecule is CCCO[C@H]1C=CC=C(CN2CCN(C(=O)c3ccc(NS(=O)(=O)c4cccc5cccnc45)cc3)CC2)C1. The highest BCUT2D eigenvalue weighted by Crippen LogP contribution is 2.24. The van der Waals surface area contributed by atoms with Crippen molar-refractivity contribution in [3.05, 3.63) is 90.2 Å². The van der Waals surface area contributed by atoms with Crippen LogP contribution in [0, 0.1) is 0 Å². The second-order valence-electron chi connectivity index (χ2n) is 9.91. The summed E-state index contributed by atoms with van der Waals surface area (Å²) in [6.07, 6.45) is 10.0. The van der Waals surface area contributed by atoms with Gasteiger partial charge in [0.15, 0.2) is 0 Å². The summed E-state index contributed by atoms with van der Waals surface area (Å²) >= 11 is 0. The summed E-state index contributed by atoms with van der Waals surface area (Å²) in [5.74, 6) is -0.0462. The van der Waals surface area contributed by atoms with Crippen LogP contribution < -0.4 is 4.72 Å². The van der Waals surface area contributed by atoms with Crippen molar-refractivity contribution in [2.75, 3.05) is 44.1 Å². The summed E-state index contributed by atoms with van der Waals surface area (Å²) in [5.41, 5.74) is 2.70. The Labute approximate surface area is 230 Å². The van der Waals surface area contributed by atoms with E-state index in [-0.39, 0.29) is 16.9 Å². The molecule has 1 aromatic heterocycles. The summed E-state index contributed by atoms with van der Waals surface area (Å²) in [4.78, 5) is 21.7. The summed E-state index contributed by atoms with van der Waals surface area (Å²) in [6.45, 7) is 6.71.